The number of hydrogen-bond acceptors (Lipinski definition) is 2. The van der Waals surface area contributed by atoms with Gasteiger partial charge in [0.1, 0.15) is 5.75 Å². The van der Waals surface area contributed by atoms with Crippen molar-refractivity contribution in [3.05, 3.63) is 64.7 Å². The van der Waals surface area contributed by atoms with Crippen LogP contribution < -0.4 is 5.32 Å². The molecule has 2 N–H and O–H groups in total. The Hall–Kier alpha value is -1.51. The fourth-order valence-electron chi connectivity index (χ4n) is 2.00. The summed E-state index contributed by atoms with van der Waals surface area (Å²) in [6, 6.07) is 15.6. The van der Waals surface area contributed by atoms with E-state index in [1.165, 1.54) is 5.56 Å². The third-order valence-electron chi connectivity index (χ3n) is 3.02. The van der Waals surface area contributed by atoms with Crippen LogP contribution in [-0.2, 0) is 13.0 Å². The van der Waals surface area contributed by atoms with Gasteiger partial charge in [-0.2, -0.15) is 0 Å². The lowest BCUT2D eigenvalue weighted by molar-refractivity contribution is 0.473. The summed E-state index contributed by atoms with van der Waals surface area (Å²) in [6.45, 7) is 2.90. The van der Waals surface area contributed by atoms with Crippen LogP contribution in [0.5, 0.6) is 5.75 Å². The third-order valence-corrected chi connectivity index (χ3v) is 3.27. The highest BCUT2D eigenvalue weighted by Gasteiger charge is 2.03. The third kappa shape index (κ3) is 4.58. The molecule has 0 saturated carbocycles. The van der Waals surface area contributed by atoms with E-state index in [1.54, 1.807) is 12.1 Å². The van der Waals surface area contributed by atoms with Gasteiger partial charge in [0.2, 0.25) is 0 Å². The molecule has 2 nitrogen and oxygen atoms in total. The first-order chi connectivity index (χ1) is 9.13. The molecule has 1 unspecified atom stereocenters. The van der Waals surface area contributed by atoms with Crippen molar-refractivity contribution in [2.45, 2.75) is 25.9 Å². The van der Waals surface area contributed by atoms with E-state index in [1.807, 2.05) is 24.3 Å². The minimum absolute atomic E-state index is 0.310. The molecule has 0 heterocycles. The Morgan fingerprint density at radius 2 is 1.84 bits per heavy atom. The predicted octanol–water partition coefficient (Wildman–Crippen LogP) is 3.77. The zero-order valence-corrected chi connectivity index (χ0v) is 11.7. The summed E-state index contributed by atoms with van der Waals surface area (Å²) in [5.41, 5.74) is 2.35. The van der Waals surface area contributed by atoms with Crippen LogP contribution in [0.25, 0.3) is 0 Å². The molecule has 0 aliphatic carbocycles. The van der Waals surface area contributed by atoms with E-state index in [9.17, 15) is 5.11 Å². The average Bonchev–Trinajstić information content (AvgIpc) is 2.39. The first kappa shape index (κ1) is 13.9. The summed E-state index contributed by atoms with van der Waals surface area (Å²) in [6.07, 6.45) is 0.954. The lowest BCUT2D eigenvalue weighted by Gasteiger charge is -2.14. The summed E-state index contributed by atoms with van der Waals surface area (Å²) in [7, 11) is 0. The summed E-state index contributed by atoms with van der Waals surface area (Å²) in [5, 5.41) is 13.6. The first-order valence-corrected chi connectivity index (χ1v) is 6.77. The number of aromatic hydroxyl groups is 1. The van der Waals surface area contributed by atoms with Crippen molar-refractivity contribution >= 4 is 11.6 Å². The Labute approximate surface area is 119 Å². The van der Waals surface area contributed by atoms with E-state index >= 15 is 0 Å². The number of halogens is 1. The highest BCUT2D eigenvalue weighted by molar-refractivity contribution is 6.30. The standard InChI is InChI=1S/C16H18ClNO/c1-12(9-13-5-7-15(17)8-6-13)18-11-14-3-2-4-16(19)10-14/h2-8,10,12,18-19H,9,11H2,1H3. The number of nitrogens with one attached hydrogen (secondary N) is 1. The minimum Gasteiger partial charge on any atom is -0.508 e. The molecule has 100 valence electrons. The highest BCUT2D eigenvalue weighted by Crippen LogP contribution is 2.13. The molecular weight excluding hydrogens is 258 g/mol. The Kier molecular flexibility index (Phi) is 4.83. The van der Waals surface area contributed by atoms with Gasteiger partial charge in [0, 0.05) is 17.6 Å². The lowest BCUT2D eigenvalue weighted by Crippen LogP contribution is -2.27. The number of rotatable bonds is 5. The number of hydrogen-bond donors (Lipinski definition) is 2. The topological polar surface area (TPSA) is 32.3 Å². The van der Waals surface area contributed by atoms with Gasteiger partial charge in [-0.25, -0.2) is 0 Å². The van der Waals surface area contributed by atoms with E-state index in [2.05, 4.69) is 24.4 Å². The van der Waals surface area contributed by atoms with Crippen LogP contribution in [-0.4, -0.2) is 11.1 Å². The Morgan fingerprint density at radius 1 is 1.11 bits per heavy atom. The van der Waals surface area contributed by atoms with E-state index < -0.39 is 0 Å². The number of phenols is 1. The molecule has 0 aromatic heterocycles. The Morgan fingerprint density at radius 3 is 2.53 bits per heavy atom. The maximum Gasteiger partial charge on any atom is 0.115 e. The van der Waals surface area contributed by atoms with Gasteiger partial charge in [0.15, 0.2) is 0 Å². The molecule has 2 rings (SSSR count). The maximum absolute atomic E-state index is 9.40. The van der Waals surface area contributed by atoms with Crippen molar-refractivity contribution in [3.63, 3.8) is 0 Å². The zero-order chi connectivity index (χ0) is 13.7. The lowest BCUT2D eigenvalue weighted by atomic mass is 10.1. The second-order valence-electron chi connectivity index (χ2n) is 4.78. The summed E-state index contributed by atoms with van der Waals surface area (Å²) in [5.74, 6) is 0.310. The van der Waals surface area contributed by atoms with Gasteiger partial charge in [0.05, 0.1) is 0 Å². The molecule has 19 heavy (non-hydrogen) atoms. The summed E-state index contributed by atoms with van der Waals surface area (Å²) in [4.78, 5) is 0. The molecule has 2 aromatic carbocycles. The number of benzene rings is 2. The molecule has 0 radical (unpaired) electrons. The molecule has 1 atom stereocenters. The van der Waals surface area contributed by atoms with Crippen LogP contribution in [0.3, 0.4) is 0 Å². The van der Waals surface area contributed by atoms with Crippen LogP contribution in [0.1, 0.15) is 18.1 Å². The van der Waals surface area contributed by atoms with Crippen LogP contribution in [0.15, 0.2) is 48.5 Å². The van der Waals surface area contributed by atoms with Crippen molar-refractivity contribution in [3.8, 4) is 5.75 Å². The second kappa shape index (κ2) is 6.60. The largest absolute Gasteiger partial charge is 0.508 e. The van der Waals surface area contributed by atoms with E-state index in [-0.39, 0.29) is 0 Å². The molecule has 2 aromatic rings. The van der Waals surface area contributed by atoms with Crippen LogP contribution in [0, 0.1) is 0 Å². The number of phenolic OH excluding ortho intramolecular Hbond substituents is 1. The van der Waals surface area contributed by atoms with Crippen LogP contribution in [0.4, 0.5) is 0 Å². The summed E-state index contributed by atoms with van der Waals surface area (Å²) < 4.78 is 0. The van der Waals surface area contributed by atoms with E-state index in [4.69, 9.17) is 11.6 Å². The van der Waals surface area contributed by atoms with E-state index in [0.29, 0.717) is 11.8 Å². The van der Waals surface area contributed by atoms with Gasteiger partial charge < -0.3 is 10.4 Å². The first-order valence-electron chi connectivity index (χ1n) is 6.39. The van der Waals surface area contributed by atoms with Crippen LogP contribution >= 0.6 is 11.6 Å². The van der Waals surface area contributed by atoms with Gasteiger partial charge in [0.25, 0.3) is 0 Å². The van der Waals surface area contributed by atoms with Crippen molar-refractivity contribution in [2.24, 2.45) is 0 Å². The van der Waals surface area contributed by atoms with E-state index in [0.717, 1.165) is 23.6 Å². The molecule has 3 heteroatoms. The highest BCUT2D eigenvalue weighted by atomic mass is 35.5. The molecule has 0 aliphatic heterocycles. The minimum atomic E-state index is 0.310. The SMILES string of the molecule is CC(Cc1ccc(Cl)cc1)NCc1cccc(O)c1. The smallest absolute Gasteiger partial charge is 0.115 e. The van der Waals surface area contributed by atoms with Gasteiger partial charge in [-0.15, -0.1) is 0 Å². The molecule has 0 fully saturated rings. The van der Waals surface area contributed by atoms with Gasteiger partial charge in [-0.05, 0) is 48.7 Å². The quantitative estimate of drug-likeness (QED) is 0.871. The Bertz CT molecular complexity index is 525. The van der Waals surface area contributed by atoms with Gasteiger partial charge in [-0.3, -0.25) is 0 Å². The second-order valence-corrected chi connectivity index (χ2v) is 5.22. The van der Waals surface area contributed by atoms with Crippen molar-refractivity contribution < 1.29 is 5.11 Å². The summed E-state index contributed by atoms with van der Waals surface area (Å²) >= 11 is 5.86. The molecule has 0 amide bonds. The fourth-order valence-corrected chi connectivity index (χ4v) is 2.13. The van der Waals surface area contributed by atoms with Gasteiger partial charge in [-0.1, -0.05) is 35.9 Å². The van der Waals surface area contributed by atoms with Crippen molar-refractivity contribution in [2.75, 3.05) is 0 Å². The fraction of sp³-hybridized carbons (Fsp3) is 0.250. The van der Waals surface area contributed by atoms with Gasteiger partial charge >= 0.3 is 0 Å². The van der Waals surface area contributed by atoms with Crippen molar-refractivity contribution in [1.82, 2.24) is 5.32 Å². The zero-order valence-electron chi connectivity index (χ0n) is 10.9. The average molecular weight is 276 g/mol. The molecule has 0 bridgehead atoms. The van der Waals surface area contributed by atoms with Crippen LogP contribution in [0.2, 0.25) is 5.02 Å². The molecule has 0 saturated heterocycles. The van der Waals surface area contributed by atoms with Crippen molar-refractivity contribution in [1.29, 1.82) is 0 Å². The monoisotopic (exact) mass is 275 g/mol. The molecule has 0 aliphatic rings. The molecule has 0 spiro atoms. The Balaban J connectivity index is 1.84. The normalized spacial score (nSPS) is 12.3. The maximum atomic E-state index is 9.40. The predicted molar refractivity (Wildman–Crippen MR) is 79.6 cm³/mol. The molecular formula is C16H18ClNO.